The van der Waals surface area contributed by atoms with Gasteiger partial charge in [0.15, 0.2) is 0 Å². The molecule has 1 aromatic heterocycles. The highest BCUT2D eigenvalue weighted by molar-refractivity contribution is 7.15. The van der Waals surface area contributed by atoms with Crippen molar-refractivity contribution in [2.24, 2.45) is 5.41 Å². The molecule has 0 saturated heterocycles. The lowest BCUT2D eigenvalue weighted by Gasteiger charge is -2.23. The maximum absolute atomic E-state index is 11.7. The number of aliphatic hydroxyl groups excluding tert-OH is 1. The summed E-state index contributed by atoms with van der Waals surface area (Å²) in [6.45, 7) is 6.68. The first-order valence-electron chi connectivity index (χ1n) is 6.45. The van der Waals surface area contributed by atoms with E-state index < -0.39 is 0 Å². The van der Waals surface area contributed by atoms with E-state index in [1.54, 1.807) is 0 Å². The molecule has 0 aliphatic heterocycles. The van der Waals surface area contributed by atoms with Crippen molar-refractivity contribution >= 4 is 22.5 Å². The molecule has 3 N–H and O–H groups in total. The number of hydrogen-bond donors (Lipinski definition) is 3. The van der Waals surface area contributed by atoms with Gasteiger partial charge in [0.05, 0.1) is 0 Å². The summed E-state index contributed by atoms with van der Waals surface area (Å²) >= 11 is 1.40. The maximum atomic E-state index is 11.7. The Morgan fingerprint density at radius 1 is 1.42 bits per heavy atom. The third kappa shape index (κ3) is 5.98. The van der Waals surface area contributed by atoms with Gasteiger partial charge in [-0.25, -0.2) is 4.79 Å². The summed E-state index contributed by atoms with van der Waals surface area (Å²) in [6.07, 6.45) is 2.54. The molecule has 0 radical (unpaired) electrons. The highest BCUT2D eigenvalue weighted by Crippen LogP contribution is 2.19. The fourth-order valence-electron chi connectivity index (χ4n) is 1.47. The first-order chi connectivity index (χ1) is 8.96. The van der Waals surface area contributed by atoms with E-state index in [0.717, 1.165) is 17.8 Å². The third-order valence-corrected chi connectivity index (χ3v) is 3.57. The molecule has 0 aliphatic carbocycles. The van der Waals surface area contributed by atoms with Crippen LogP contribution in [0.3, 0.4) is 0 Å². The fourth-order valence-corrected chi connectivity index (χ4v) is 2.31. The number of carbonyl (C=O) groups is 1. The molecular formula is C12H22N4O2S. The van der Waals surface area contributed by atoms with Crippen LogP contribution in [0.25, 0.3) is 0 Å². The van der Waals surface area contributed by atoms with Gasteiger partial charge in [0.25, 0.3) is 0 Å². The molecule has 0 aliphatic rings. The number of amides is 2. The molecule has 0 bridgehead atoms. The minimum Gasteiger partial charge on any atom is -0.396 e. The van der Waals surface area contributed by atoms with E-state index in [0.29, 0.717) is 18.1 Å². The van der Waals surface area contributed by atoms with E-state index >= 15 is 0 Å². The number of rotatable bonds is 7. The lowest BCUT2D eigenvalue weighted by atomic mass is 9.90. The van der Waals surface area contributed by atoms with E-state index in [-0.39, 0.29) is 18.1 Å². The van der Waals surface area contributed by atoms with Gasteiger partial charge in [0, 0.05) is 19.6 Å². The second kappa shape index (κ2) is 7.40. The molecule has 19 heavy (non-hydrogen) atoms. The molecule has 1 heterocycles. The van der Waals surface area contributed by atoms with Crippen LogP contribution >= 0.6 is 11.3 Å². The molecule has 0 spiro atoms. The largest absolute Gasteiger partial charge is 0.396 e. The normalized spacial score (nSPS) is 11.4. The topological polar surface area (TPSA) is 87.1 Å². The summed E-state index contributed by atoms with van der Waals surface area (Å²) in [7, 11) is 0. The molecule has 1 aromatic rings. The van der Waals surface area contributed by atoms with Gasteiger partial charge in [-0.15, -0.1) is 10.2 Å². The van der Waals surface area contributed by atoms with E-state index in [1.165, 1.54) is 11.3 Å². The van der Waals surface area contributed by atoms with Gasteiger partial charge < -0.3 is 10.4 Å². The highest BCUT2D eigenvalue weighted by atomic mass is 32.1. The van der Waals surface area contributed by atoms with Crippen molar-refractivity contribution in [3.05, 3.63) is 5.01 Å². The summed E-state index contributed by atoms with van der Waals surface area (Å²) in [5.74, 6) is 0. The molecule has 1 rings (SSSR count). The van der Waals surface area contributed by atoms with Crippen LogP contribution in [-0.4, -0.2) is 34.5 Å². The quantitative estimate of drug-likeness (QED) is 0.715. The first kappa shape index (κ1) is 15.8. The standard InChI is InChI=1S/C12H22N4O2S/c1-4-5-9-15-16-11(19-9)14-10(18)13-8-12(2,3)6-7-17/h17H,4-8H2,1-3H3,(H2,13,14,16,18). The van der Waals surface area contributed by atoms with E-state index in [9.17, 15) is 4.79 Å². The Kier molecular flexibility index (Phi) is 6.17. The Morgan fingerprint density at radius 2 is 2.16 bits per heavy atom. The molecule has 108 valence electrons. The van der Waals surface area contributed by atoms with Gasteiger partial charge in [-0.1, -0.05) is 32.1 Å². The maximum Gasteiger partial charge on any atom is 0.321 e. The summed E-state index contributed by atoms with van der Waals surface area (Å²) in [5.41, 5.74) is -0.124. The number of carbonyl (C=O) groups excluding carboxylic acids is 1. The van der Waals surface area contributed by atoms with Crippen molar-refractivity contribution in [1.29, 1.82) is 0 Å². The van der Waals surface area contributed by atoms with E-state index in [4.69, 9.17) is 5.11 Å². The molecule has 2 amide bonds. The van der Waals surface area contributed by atoms with Crippen LogP contribution < -0.4 is 10.6 Å². The van der Waals surface area contributed by atoms with Crippen LogP contribution in [-0.2, 0) is 6.42 Å². The third-order valence-electron chi connectivity index (χ3n) is 2.67. The number of anilines is 1. The summed E-state index contributed by atoms with van der Waals surface area (Å²) in [6, 6.07) is -0.287. The first-order valence-corrected chi connectivity index (χ1v) is 7.26. The number of nitrogens with one attached hydrogen (secondary N) is 2. The Balaban J connectivity index is 2.38. The second-order valence-electron chi connectivity index (χ2n) is 5.20. The SMILES string of the molecule is CCCc1nnc(NC(=O)NCC(C)(C)CCO)s1. The molecule has 0 aromatic carbocycles. The van der Waals surface area contributed by atoms with Crippen molar-refractivity contribution in [1.82, 2.24) is 15.5 Å². The van der Waals surface area contributed by atoms with Gasteiger partial charge in [-0.2, -0.15) is 0 Å². The Bertz CT molecular complexity index is 406. The zero-order chi connectivity index (χ0) is 14.3. The average Bonchev–Trinajstić information content (AvgIpc) is 2.75. The Morgan fingerprint density at radius 3 is 2.79 bits per heavy atom. The molecule has 0 unspecified atom stereocenters. The van der Waals surface area contributed by atoms with Gasteiger partial charge in [0.2, 0.25) is 5.13 Å². The highest BCUT2D eigenvalue weighted by Gasteiger charge is 2.18. The number of hydrogen-bond acceptors (Lipinski definition) is 5. The van der Waals surface area contributed by atoms with E-state index in [1.807, 2.05) is 13.8 Å². The predicted molar refractivity (Wildman–Crippen MR) is 76.4 cm³/mol. The second-order valence-corrected chi connectivity index (χ2v) is 6.26. The van der Waals surface area contributed by atoms with Crippen molar-refractivity contribution in [2.45, 2.75) is 40.0 Å². The molecule has 0 saturated carbocycles. The van der Waals surface area contributed by atoms with Crippen LogP contribution in [0.4, 0.5) is 9.93 Å². The lowest BCUT2D eigenvalue weighted by molar-refractivity contribution is 0.204. The molecule has 6 nitrogen and oxygen atoms in total. The average molecular weight is 286 g/mol. The molecular weight excluding hydrogens is 264 g/mol. The summed E-state index contributed by atoms with van der Waals surface area (Å²) in [4.78, 5) is 11.7. The smallest absolute Gasteiger partial charge is 0.321 e. The van der Waals surface area contributed by atoms with Crippen LogP contribution in [0.15, 0.2) is 0 Å². The van der Waals surface area contributed by atoms with Crippen LogP contribution in [0.5, 0.6) is 0 Å². The number of aromatic nitrogens is 2. The number of urea groups is 1. The monoisotopic (exact) mass is 286 g/mol. The van der Waals surface area contributed by atoms with Gasteiger partial charge >= 0.3 is 6.03 Å². The zero-order valence-corrected chi connectivity index (χ0v) is 12.5. The van der Waals surface area contributed by atoms with Crippen molar-refractivity contribution in [2.75, 3.05) is 18.5 Å². The van der Waals surface area contributed by atoms with Crippen molar-refractivity contribution in [3.63, 3.8) is 0 Å². The number of aliphatic hydroxyl groups is 1. The van der Waals surface area contributed by atoms with Crippen LogP contribution in [0.2, 0.25) is 0 Å². The van der Waals surface area contributed by atoms with Gasteiger partial charge in [-0.05, 0) is 18.3 Å². The van der Waals surface area contributed by atoms with Crippen LogP contribution in [0, 0.1) is 5.41 Å². The summed E-state index contributed by atoms with van der Waals surface area (Å²) < 4.78 is 0. The minimum absolute atomic E-state index is 0.118. The Hall–Kier alpha value is -1.21. The van der Waals surface area contributed by atoms with Crippen molar-refractivity contribution < 1.29 is 9.90 Å². The zero-order valence-electron chi connectivity index (χ0n) is 11.7. The summed E-state index contributed by atoms with van der Waals surface area (Å²) in [5, 5.41) is 23.7. The lowest BCUT2D eigenvalue weighted by Crippen LogP contribution is -2.37. The minimum atomic E-state index is -0.287. The van der Waals surface area contributed by atoms with E-state index in [2.05, 4.69) is 27.8 Å². The predicted octanol–water partition coefficient (Wildman–Crippen LogP) is 2.02. The molecule has 0 fully saturated rings. The molecule has 7 heteroatoms. The fraction of sp³-hybridized carbons (Fsp3) is 0.750. The van der Waals surface area contributed by atoms with Crippen molar-refractivity contribution in [3.8, 4) is 0 Å². The number of aryl methyl sites for hydroxylation is 1. The molecule has 0 atom stereocenters. The van der Waals surface area contributed by atoms with Gasteiger partial charge in [-0.3, -0.25) is 5.32 Å². The van der Waals surface area contributed by atoms with Gasteiger partial charge in [0.1, 0.15) is 5.01 Å². The number of nitrogens with zero attached hydrogens (tertiary/aromatic N) is 2. The van der Waals surface area contributed by atoms with Crippen LogP contribution in [0.1, 0.15) is 38.6 Å². The Labute approximate surface area is 117 Å².